The largest absolute Gasteiger partial charge is 0.457 e. The molecule has 3 aliphatic carbocycles. The summed E-state index contributed by atoms with van der Waals surface area (Å²) in [5.74, 6) is 2.11. The quantitative estimate of drug-likeness (QED) is 0.173. The van der Waals surface area contributed by atoms with Crippen LogP contribution < -0.4 is 15.8 Å². The molecule has 4 heteroatoms. The second kappa shape index (κ2) is 13.5. The first kappa shape index (κ1) is 33.6. The van der Waals surface area contributed by atoms with Gasteiger partial charge >= 0.3 is 0 Å². The molecular formula is C53H42N3O+. The summed E-state index contributed by atoms with van der Waals surface area (Å²) < 4.78 is 6.63. The summed E-state index contributed by atoms with van der Waals surface area (Å²) >= 11 is 0. The molecule has 274 valence electrons. The number of ether oxygens (including phenoxy) is 1. The van der Waals surface area contributed by atoms with Crippen LogP contribution in [0.15, 0.2) is 199 Å². The summed E-state index contributed by atoms with van der Waals surface area (Å²) in [5, 5.41) is 2.32. The number of nitrogen functional groups attached to an aromatic ring is 1. The fraction of sp³-hybridized carbons (Fsp3) is 0.113. The Hall–Kier alpha value is -6.75. The van der Waals surface area contributed by atoms with Crippen LogP contribution in [0.3, 0.4) is 0 Å². The number of quaternary nitrogens is 1. The van der Waals surface area contributed by atoms with Crippen LogP contribution >= 0.6 is 0 Å². The van der Waals surface area contributed by atoms with Crippen LogP contribution in [0, 0.1) is 5.92 Å². The van der Waals surface area contributed by atoms with Gasteiger partial charge in [-0.3, -0.25) is 5.32 Å². The van der Waals surface area contributed by atoms with Crippen LogP contribution in [0.25, 0.3) is 22.4 Å². The zero-order chi connectivity index (χ0) is 37.9. The van der Waals surface area contributed by atoms with Crippen molar-refractivity contribution in [3.05, 3.63) is 233 Å². The summed E-state index contributed by atoms with van der Waals surface area (Å²) in [4.78, 5) is 5.37. The van der Waals surface area contributed by atoms with Gasteiger partial charge in [0.15, 0.2) is 0 Å². The van der Waals surface area contributed by atoms with E-state index in [1.165, 1.54) is 61.4 Å². The maximum atomic E-state index is 6.63. The number of rotatable bonds is 5. The summed E-state index contributed by atoms with van der Waals surface area (Å²) in [6.07, 6.45) is 18.5. The number of allylic oxidation sites excluding steroid dienone is 9. The van der Waals surface area contributed by atoms with Gasteiger partial charge in [-0.25, -0.2) is 4.99 Å². The van der Waals surface area contributed by atoms with Gasteiger partial charge in [0.1, 0.15) is 17.2 Å². The molecular weight excluding hydrogens is 695 g/mol. The van der Waals surface area contributed by atoms with E-state index in [4.69, 9.17) is 15.5 Å². The van der Waals surface area contributed by atoms with Crippen LogP contribution in [0.5, 0.6) is 11.5 Å². The van der Waals surface area contributed by atoms with E-state index >= 15 is 0 Å². The molecule has 11 rings (SSSR count). The monoisotopic (exact) mass is 736 g/mol. The number of hydrogen-bond donors (Lipinski definition) is 2. The summed E-state index contributed by atoms with van der Waals surface area (Å²) in [6, 6.07) is 52.3. The van der Waals surface area contributed by atoms with Crippen LogP contribution in [0.2, 0.25) is 0 Å². The predicted molar refractivity (Wildman–Crippen MR) is 232 cm³/mol. The molecule has 0 amide bonds. The van der Waals surface area contributed by atoms with Crippen molar-refractivity contribution >= 4 is 22.7 Å². The average molecular weight is 737 g/mol. The van der Waals surface area contributed by atoms with E-state index in [0.717, 1.165) is 41.3 Å². The van der Waals surface area contributed by atoms with Crippen molar-refractivity contribution in [3.8, 4) is 22.6 Å². The molecule has 0 saturated carbocycles. The molecule has 3 atom stereocenters. The minimum absolute atomic E-state index is 0.106. The molecule has 6 aromatic carbocycles. The van der Waals surface area contributed by atoms with E-state index < -0.39 is 5.41 Å². The summed E-state index contributed by atoms with van der Waals surface area (Å²) in [6.45, 7) is 0. The molecule has 5 aliphatic rings. The lowest BCUT2D eigenvalue weighted by Gasteiger charge is -2.43. The van der Waals surface area contributed by atoms with E-state index in [1.807, 2.05) is 12.1 Å². The highest BCUT2D eigenvalue weighted by atomic mass is 16.5. The Morgan fingerprint density at radius 3 is 2.14 bits per heavy atom. The zero-order valence-corrected chi connectivity index (χ0v) is 31.6. The van der Waals surface area contributed by atoms with Gasteiger partial charge in [0.2, 0.25) is 6.17 Å². The first-order valence-corrected chi connectivity index (χ1v) is 20.1. The van der Waals surface area contributed by atoms with Crippen molar-refractivity contribution in [2.45, 2.75) is 30.3 Å². The molecule has 0 bridgehead atoms. The number of para-hydroxylation sites is 2. The summed E-state index contributed by atoms with van der Waals surface area (Å²) in [7, 11) is 0. The van der Waals surface area contributed by atoms with Gasteiger partial charge in [-0.15, -0.1) is 0 Å². The van der Waals surface area contributed by atoms with Gasteiger partial charge in [-0.1, -0.05) is 140 Å². The molecule has 57 heavy (non-hydrogen) atoms. The lowest BCUT2D eigenvalue weighted by molar-refractivity contribution is -0.609. The molecule has 0 fully saturated rings. The molecule has 4 N–H and O–H groups in total. The molecule has 2 aliphatic heterocycles. The highest BCUT2D eigenvalue weighted by Crippen LogP contribution is 2.65. The lowest BCUT2D eigenvalue weighted by atomic mass is 9.61. The Morgan fingerprint density at radius 2 is 1.37 bits per heavy atom. The average Bonchev–Trinajstić information content (AvgIpc) is 3.56. The Labute approximate surface area is 333 Å². The molecule has 0 saturated heterocycles. The first-order chi connectivity index (χ1) is 28.1. The summed E-state index contributed by atoms with van der Waals surface area (Å²) in [5.41, 5.74) is 22.2. The maximum Gasteiger partial charge on any atom is 0.211 e. The molecule has 0 aromatic heterocycles. The minimum Gasteiger partial charge on any atom is -0.457 e. The number of anilines is 1. The normalized spacial score (nSPS) is 20.9. The van der Waals surface area contributed by atoms with Crippen molar-refractivity contribution < 1.29 is 10.1 Å². The lowest BCUT2D eigenvalue weighted by Crippen LogP contribution is -2.82. The number of hydrogen-bond acceptors (Lipinski definition) is 3. The maximum absolute atomic E-state index is 6.63. The van der Waals surface area contributed by atoms with E-state index in [2.05, 4.69) is 181 Å². The third-order valence-corrected chi connectivity index (χ3v) is 12.5. The molecule has 1 spiro atoms. The minimum atomic E-state index is -0.421. The van der Waals surface area contributed by atoms with Gasteiger partial charge in [0, 0.05) is 45.9 Å². The van der Waals surface area contributed by atoms with Crippen molar-refractivity contribution in [1.82, 2.24) is 0 Å². The van der Waals surface area contributed by atoms with Crippen LogP contribution in [0.4, 0.5) is 5.69 Å². The van der Waals surface area contributed by atoms with E-state index in [1.54, 1.807) is 0 Å². The second-order valence-corrected chi connectivity index (χ2v) is 15.7. The number of aliphatic imine (C=N–C) groups is 1. The number of benzene rings is 6. The molecule has 6 aromatic rings. The van der Waals surface area contributed by atoms with Crippen molar-refractivity contribution in [2.24, 2.45) is 10.9 Å². The fourth-order valence-electron chi connectivity index (χ4n) is 9.91. The molecule has 4 nitrogen and oxygen atoms in total. The fourth-order valence-corrected chi connectivity index (χ4v) is 9.91. The van der Waals surface area contributed by atoms with Crippen molar-refractivity contribution in [1.29, 1.82) is 0 Å². The Balaban J connectivity index is 1.03. The highest BCUT2D eigenvalue weighted by Gasteiger charge is 2.57. The highest BCUT2D eigenvalue weighted by molar-refractivity contribution is 6.13. The van der Waals surface area contributed by atoms with Gasteiger partial charge in [-0.05, 0) is 94.3 Å². The Bertz CT molecular complexity index is 2720. The molecule has 3 unspecified atom stereocenters. The number of fused-ring (bicyclic) bond motifs is 9. The SMILES string of the molecule is Nc1ccc(-c2ccc3c(c2)C2C=C(c4cccc(C5N=C(C6=CCCC=C6)C=C(c6ccccc6)[NH2+]5)c4)C=CC2C32c3ccccc3Oc3ccccc32)cc1. The smallest absolute Gasteiger partial charge is 0.211 e. The third kappa shape index (κ3) is 5.51. The van der Waals surface area contributed by atoms with E-state index in [-0.39, 0.29) is 18.0 Å². The number of nitrogens with two attached hydrogens (primary N) is 2. The standard InChI is InChI=1S/C53H41N3O/c54-41-26-22-34(23-27-41)38-24-28-44-42(31-38)43-32-39(25-29-45(43)53(44)46-18-7-9-20-50(46)57-51-21-10-8-19-47(51)53)37-16-11-17-40(30-37)52-55-48(35-12-3-1-4-13-35)33-49(56-52)36-14-5-2-6-15-36/h1,3-5,7-33,43,45,52,55H,2,6,54H2/p+1. The third-order valence-electron chi connectivity index (χ3n) is 12.5. The van der Waals surface area contributed by atoms with Gasteiger partial charge in [0.05, 0.1) is 11.1 Å². The second-order valence-electron chi connectivity index (χ2n) is 15.7. The van der Waals surface area contributed by atoms with Crippen molar-refractivity contribution in [3.63, 3.8) is 0 Å². The predicted octanol–water partition coefficient (Wildman–Crippen LogP) is 11.1. The topological polar surface area (TPSA) is 64.2 Å². The molecule has 0 radical (unpaired) electrons. The molecule has 2 heterocycles. The zero-order valence-electron chi connectivity index (χ0n) is 31.6. The Kier molecular flexibility index (Phi) is 7.94. The van der Waals surface area contributed by atoms with Crippen LogP contribution in [-0.2, 0) is 5.41 Å². The van der Waals surface area contributed by atoms with E-state index in [9.17, 15) is 0 Å². The first-order valence-electron chi connectivity index (χ1n) is 20.1. The van der Waals surface area contributed by atoms with Crippen LogP contribution in [-0.4, -0.2) is 5.71 Å². The Morgan fingerprint density at radius 1 is 0.632 bits per heavy atom. The van der Waals surface area contributed by atoms with Gasteiger partial charge < -0.3 is 10.5 Å². The van der Waals surface area contributed by atoms with Crippen LogP contribution in [0.1, 0.15) is 63.9 Å². The number of nitrogens with zero attached hydrogens (tertiary/aromatic N) is 1. The van der Waals surface area contributed by atoms with Gasteiger partial charge in [-0.2, -0.15) is 0 Å². The van der Waals surface area contributed by atoms with E-state index in [0.29, 0.717) is 0 Å². The van der Waals surface area contributed by atoms with Crippen molar-refractivity contribution in [2.75, 3.05) is 5.73 Å². The van der Waals surface area contributed by atoms with Gasteiger partial charge in [0.25, 0.3) is 0 Å².